The monoisotopic (exact) mass is 1090 g/mol. The molecule has 458 valence electrons. The van der Waals surface area contributed by atoms with E-state index in [4.69, 9.17) is 9.47 Å². The first kappa shape index (κ1) is 75.9. The van der Waals surface area contributed by atoms with Crippen LogP contribution >= 0.6 is 0 Å². The minimum absolute atomic E-state index is 0.0584. The summed E-state index contributed by atoms with van der Waals surface area (Å²) in [7, 11) is 0. The van der Waals surface area contributed by atoms with Crippen LogP contribution in [0.2, 0.25) is 0 Å². The number of aliphatic hydroxyl groups excluding tert-OH is 1. The van der Waals surface area contributed by atoms with Gasteiger partial charge in [0.1, 0.15) is 6.61 Å². The minimum atomic E-state index is -0.769. The van der Waals surface area contributed by atoms with Gasteiger partial charge in [0, 0.05) is 12.8 Å². The summed E-state index contributed by atoms with van der Waals surface area (Å²) < 4.78 is 10.8. The quantitative estimate of drug-likeness (QED) is 0.0373. The third kappa shape index (κ3) is 66.4. The SMILES string of the molecule is CC/C=C\C/C=C\C/C=C\C/C=C\CCCCCCCCCCCCCCCCCCCCCCCCCCC(=O)OC(CO)COC(=O)CCCCCCCCCCCCCCCCCCCCCCCCCCCCC. The van der Waals surface area contributed by atoms with Crippen LogP contribution in [0.4, 0.5) is 0 Å². The standard InChI is InChI=1S/C73H136O5/c1-3-5-7-9-11-13-15-17-19-21-23-25-27-29-31-32-33-34-35-36-37-38-39-40-42-44-46-48-50-52-54-56-58-60-62-64-66-68-73(76)78-71(69-74)70-77-72(75)67-65-63-61-59-57-55-53-51-49-47-45-43-41-30-28-26-24-22-20-18-16-14-12-10-8-6-4-2/h5,7,11,13,17,19,23,25,71,74H,3-4,6,8-10,12,14-16,18,20-22,24,26-70H2,1-2H3/b7-5-,13-11-,19-17-,25-23-. The van der Waals surface area contributed by atoms with E-state index in [2.05, 4.69) is 62.5 Å². The van der Waals surface area contributed by atoms with Gasteiger partial charge in [-0.15, -0.1) is 0 Å². The summed E-state index contributed by atoms with van der Waals surface area (Å²) in [5, 5.41) is 9.70. The van der Waals surface area contributed by atoms with Crippen molar-refractivity contribution >= 4 is 11.9 Å². The molecule has 1 unspecified atom stereocenters. The van der Waals surface area contributed by atoms with Crippen LogP contribution in [-0.4, -0.2) is 36.4 Å². The Morgan fingerprint density at radius 3 is 0.833 bits per heavy atom. The molecule has 5 nitrogen and oxygen atoms in total. The Hall–Kier alpha value is -2.14. The van der Waals surface area contributed by atoms with Crippen molar-refractivity contribution in [2.45, 2.75) is 392 Å². The first-order chi connectivity index (χ1) is 38.6. The lowest BCUT2D eigenvalue weighted by atomic mass is 10.0. The maximum Gasteiger partial charge on any atom is 0.306 e. The van der Waals surface area contributed by atoms with Crippen LogP contribution in [0.1, 0.15) is 386 Å². The summed E-state index contributed by atoms with van der Waals surface area (Å²) in [6, 6.07) is 0. The van der Waals surface area contributed by atoms with E-state index in [9.17, 15) is 14.7 Å². The van der Waals surface area contributed by atoms with Crippen molar-refractivity contribution in [3.05, 3.63) is 48.6 Å². The Bertz CT molecular complexity index is 1280. The Balaban J connectivity index is 3.38. The first-order valence-electron chi connectivity index (χ1n) is 35.2. The van der Waals surface area contributed by atoms with Gasteiger partial charge in [0.2, 0.25) is 0 Å². The third-order valence-electron chi connectivity index (χ3n) is 16.1. The summed E-state index contributed by atoms with van der Waals surface area (Å²) in [4.78, 5) is 24.6. The average Bonchev–Trinajstić information content (AvgIpc) is 3.44. The highest BCUT2D eigenvalue weighted by Crippen LogP contribution is 2.19. The van der Waals surface area contributed by atoms with E-state index in [1.807, 2.05) is 0 Å². The Morgan fingerprint density at radius 1 is 0.308 bits per heavy atom. The fourth-order valence-corrected chi connectivity index (χ4v) is 10.9. The van der Waals surface area contributed by atoms with E-state index in [0.717, 1.165) is 57.8 Å². The van der Waals surface area contributed by atoms with Gasteiger partial charge >= 0.3 is 11.9 Å². The molecular weight excluding hydrogens is 957 g/mol. The number of esters is 2. The Morgan fingerprint density at radius 2 is 0.551 bits per heavy atom. The van der Waals surface area contributed by atoms with Crippen LogP contribution < -0.4 is 0 Å². The molecule has 0 spiro atoms. The van der Waals surface area contributed by atoms with E-state index in [0.29, 0.717) is 12.8 Å². The van der Waals surface area contributed by atoms with Crippen molar-refractivity contribution in [2.75, 3.05) is 13.2 Å². The van der Waals surface area contributed by atoms with Crippen molar-refractivity contribution in [3.63, 3.8) is 0 Å². The number of carbonyl (C=O) groups excluding carboxylic acids is 2. The van der Waals surface area contributed by atoms with E-state index < -0.39 is 6.10 Å². The van der Waals surface area contributed by atoms with Crippen LogP contribution in [-0.2, 0) is 19.1 Å². The first-order valence-corrected chi connectivity index (χ1v) is 35.2. The van der Waals surface area contributed by atoms with E-state index >= 15 is 0 Å². The van der Waals surface area contributed by atoms with Gasteiger partial charge in [-0.2, -0.15) is 0 Å². The van der Waals surface area contributed by atoms with Crippen LogP contribution in [0.15, 0.2) is 48.6 Å². The molecule has 0 fully saturated rings. The van der Waals surface area contributed by atoms with Gasteiger partial charge < -0.3 is 14.6 Å². The second-order valence-electron chi connectivity index (χ2n) is 23.9. The van der Waals surface area contributed by atoms with Crippen LogP contribution in [0.3, 0.4) is 0 Å². The number of carbonyl (C=O) groups is 2. The van der Waals surface area contributed by atoms with Crippen LogP contribution in [0.5, 0.6) is 0 Å². The molecule has 0 aromatic carbocycles. The normalized spacial score (nSPS) is 12.4. The van der Waals surface area contributed by atoms with Crippen molar-refractivity contribution in [3.8, 4) is 0 Å². The molecule has 78 heavy (non-hydrogen) atoms. The number of rotatable bonds is 66. The zero-order valence-electron chi connectivity index (χ0n) is 52.7. The van der Waals surface area contributed by atoms with E-state index in [1.54, 1.807) is 0 Å². The maximum absolute atomic E-state index is 12.4. The summed E-state index contributed by atoms with van der Waals surface area (Å²) in [5.41, 5.74) is 0. The predicted molar refractivity (Wildman–Crippen MR) is 344 cm³/mol. The Kier molecular flexibility index (Phi) is 67.2. The molecule has 0 aliphatic carbocycles. The molecule has 0 heterocycles. The summed E-state index contributed by atoms with van der Waals surface area (Å²) in [5.74, 6) is -0.564. The van der Waals surface area contributed by atoms with Gasteiger partial charge in [-0.3, -0.25) is 9.59 Å². The number of hydrogen-bond donors (Lipinski definition) is 1. The van der Waals surface area contributed by atoms with E-state index in [1.165, 1.54) is 302 Å². The molecule has 0 aromatic rings. The molecule has 0 aliphatic heterocycles. The number of hydrogen-bond acceptors (Lipinski definition) is 5. The molecule has 0 saturated carbocycles. The zero-order valence-corrected chi connectivity index (χ0v) is 52.7. The Labute approximate surface area is 488 Å². The van der Waals surface area contributed by atoms with Gasteiger partial charge in [-0.1, -0.05) is 371 Å². The van der Waals surface area contributed by atoms with Crippen molar-refractivity contribution in [1.29, 1.82) is 0 Å². The molecule has 0 aliphatic rings. The number of unbranched alkanes of at least 4 members (excludes halogenated alkanes) is 50. The molecule has 1 N–H and O–H groups in total. The fraction of sp³-hybridized carbons (Fsp3) is 0.863. The average molecular weight is 1090 g/mol. The second-order valence-corrected chi connectivity index (χ2v) is 23.9. The molecule has 0 aromatic heterocycles. The molecule has 0 amide bonds. The summed E-state index contributed by atoms with van der Waals surface area (Å²) in [6.07, 6.45) is 93.0. The molecular formula is C73H136O5. The highest BCUT2D eigenvalue weighted by molar-refractivity contribution is 5.70. The summed E-state index contributed by atoms with van der Waals surface area (Å²) >= 11 is 0. The predicted octanol–water partition coefficient (Wildman–Crippen LogP) is 24.3. The third-order valence-corrected chi connectivity index (χ3v) is 16.1. The minimum Gasteiger partial charge on any atom is -0.462 e. The smallest absolute Gasteiger partial charge is 0.306 e. The molecule has 0 radical (unpaired) electrons. The fourth-order valence-electron chi connectivity index (χ4n) is 10.9. The second kappa shape index (κ2) is 69.1. The van der Waals surface area contributed by atoms with Gasteiger partial charge in [0.15, 0.2) is 6.10 Å². The van der Waals surface area contributed by atoms with Crippen molar-refractivity contribution < 1.29 is 24.2 Å². The van der Waals surface area contributed by atoms with Gasteiger partial charge in [0.05, 0.1) is 6.61 Å². The molecule has 5 heteroatoms. The van der Waals surface area contributed by atoms with Crippen molar-refractivity contribution in [2.24, 2.45) is 0 Å². The lowest BCUT2D eigenvalue weighted by Gasteiger charge is -2.15. The summed E-state index contributed by atoms with van der Waals surface area (Å²) in [6.45, 7) is 4.09. The molecule has 0 bridgehead atoms. The van der Waals surface area contributed by atoms with E-state index in [-0.39, 0.29) is 25.2 Å². The van der Waals surface area contributed by atoms with Gasteiger partial charge in [-0.25, -0.2) is 0 Å². The van der Waals surface area contributed by atoms with Crippen molar-refractivity contribution in [1.82, 2.24) is 0 Å². The number of allylic oxidation sites excluding steroid dienone is 8. The zero-order chi connectivity index (χ0) is 56.2. The number of aliphatic hydroxyl groups is 1. The van der Waals surface area contributed by atoms with Gasteiger partial charge in [-0.05, 0) is 51.4 Å². The number of ether oxygens (including phenoxy) is 2. The lowest BCUT2D eigenvalue weighted by molar-refractivity contribution is -0.161. The van der Waals surface area contributed by atoms with Gasteiger partial charge in [0.25, 0.3) is 0 Å². The van der Waals surface area contributed by atoms with Crippen LogP contribution in [0, 0.1) is 0 Å². The highest BCUT2D eigenvalue weighted by atomic mass is 16.6. The molecule has 1 atom stereocenters. The topological polar surface area (TPSA) is 72.8 Å². The maximum atomic E-state index is 12.4. The highest BCUT2D eigenvalue weighted by Gasteiger charge is 2.16. The van der Waals surface area contributed by atoms with Crippen LogP contribution in [0.25, 0.3) is 0 Å². The lowest BCUT2D eigenvalue weighted by Crippen LogP contribution is -2.28. The largest absolute Gasteiger partial charge is 0.462 e. The molecule has 0 saturated heterocycles. The molecule has 0 rings (SSSR count).